The number of allylic oxidation sites excluding steroid dienone is 2. The number of fused-ring (bicyclic) bond motifs is 1. The van der Waals surface area contributed by atoms with Crippen LogP contribution >= 0.6 is 0 Å². The van der Waals surface area contributed by atoms with Gasteiger partial charge in [-0.2, -0.15) is 13.2 Å². The van der Waals surface area contributed by atoms with Crippen LogP contribution in [0.15, 0.2) is 30.3 Å². The standard InChI is InChI=1S/C34H46F3NO2Si/c1-32(2,3)41(6,7)40-26-20-33(4,5)19-25-28(26)27(21-11-8-9-12-21)29(30(38-25)22-13-10-14-22)31(39)23-15-17-24(18-16-23)34(35,36)37/h11,15-18,22,26,31,39H,8-10,12-14,19-20H2,1-7H3/t26?,31-/m1/s1. The maximum atomic E-state index is 13.4. The van der Waals surface area contributed by atoms with Crippen LogP contribution in [0.25, 0.3) is 5.57 Å². The lowest BCUT2D eigenvalue weighted by Gasteiger charge is -2.45. The first-order valence-corrected chi connectivity index (χ1v) is 18.2. The highest BCUT2D eigenvalue weighted by Gasteiger charge is 2.45. The Morgan fingerprint density at radius 1 is 1.05 bits per heavy atom. The highest BCUT2D eigenvalue weighted by atomic mass is 28.4. The van der Waals surface area contributed by atoms with E-state index in [0.29, 0.717) is 5.56 Å². The maximum absolute atomic E-state index is 13.4. The predicted molar refractivity (Wildman–Crippen MR) is 161 cm³/mol. The molecule has 1 heterocycles. The van der Waals surface area contributed by atoms with Crippen molar-refractivity contribution in [2.75, 3.05) is 0 Å². The first-order chi connectivity index (χ1) is 19.0. The zero-order chi connectivity index (χ0) is 30.0. The maximum Gasteiger partial charge on any atom is 0.416 e. The molecule has 2 atom stereocenters. The van der Waals surface area contributed by atoms with Crippen molar-refractivity contribution in [3.05, 3.63) is 69.5 Å². The van der Waals surface area contributed by atoms with Crippen LogP contribution in [0.3, 0.4) is 0 Å². The molecular formula is C34H46F3NO2Si. The van der Waals surface area contributed by atoms with Gasteiger partial charge in [-0.1, -0.05) is 59.2 Å². The molecule has 0 spiro atoms. The summed E-state index contributed by atoms with van der Waals surface area (Å²) in [7, 11) is -2.17. The van der Waals surface area contributed by atoms with Crippen LogP contribution in [0.4, 0.5) is 13.2 Å². The minimum Gasteiger partial charge on any atom is -0.410 e. The van der Waals surface area contributed by atoms with Gasteiger partial charge in [0.15, 0.2) is 8.32 Å². The van der Waals surface area contributed by atoms with E-state index in [1.54, 1.807) is 0 Å². The normalized spacial score (nSPS) is 22.2. The molecular weight excluding hydrogens is 539 g/mol. The molecule has 41 heavy (non-hydrogen) atoms. The summed E-state index contributed by atoms with van der Waals surface area (Å²) in [6, 6.07) is 5.01. The third-order valence-electron chi connectivity index (χ3n) is 10.0. The van der Waals surface area contributed by atoms with Gasteiger partial charge >= 0.3 is 6.18 Å². The van der Waals surface area contributed by atoms with E-state index in [-0.39, 0.29) is 22.5 Å². The molecule has 224 valence electrons. The first-order valence-electron chi connectivity index (χ1n) is 15.3. The fourth-order valence-corrected chi connectivity index (χ4v) is 7.73. The fourth-order valence-electron chi connectivity index (χ4n) is 6.46. The number of hydrogen-bond donors (Lipinski definition) is 1. The Morgan fingerprint density at radius 3 is 2.22 bits per heavy atom. The molecule has 0 aliphatic heterocycles. The lowest BCUT2D eigenvalue weighted by atomic mass is 9.70. The Bertz CT molecular complexity index is 1320. The molecule has 0 radical (unpaired) electrons. The summed E-state index contributed by atoms with van der Waals surface area (Å²) in [6.45, 7) is 15.9. The molecule has 1 aromatic heterocycles. The van der Waals surface area contributed by atoms with Crippen molar-refractivity contribution in [3.8, 4) is 0 Å². The van der Waals surface area contributed by atoms with Crippen LogP contribution in [0.1, 0.15) is 137 Å². The van der Waals surface area contributed by atoms with E-state index < -0.39 is 26.2 Å². The first kappa shape index (κ1) is 30.5. The number of aliphatic hydroxyl groups excluding tert-OH is 1. The summed E-state index contributed by atoms with van der Waals surface area (Å²) in [6.07, 6.45) is 4.50. The van der Waals surface area contributed by atoms with Gasteiger partial charge in [0, 0.05) is 22.7 Å². The van der Waals surface area contributed by atoms with E-state index in [9.17, 15) is 18.3 Å². The van der Waals surface area contributed by atoms with Crippen LogP contribution < -0.4 is 0 Å². The molecule has 1 saturated carbocycles. The summed E-state index contributed by atoms with van der Waals surface area (Å²) in [5.74, 6) is 0.255. The minimum atomic E-state index is -4.42. The topological polar surface area (TPSA) is 42.4 Å². The van der Waals surface area contributed by atoms with Crippen LogP contribution in [-0.4, -0.2) is 18.4 Å². The second-order valence-electron chi connectivity index (χ2n) is 14.8. The molecule has 2 aromatic rings. The van der Waals surface area contributed by atoms with Crippen molar-refractivity contribution in [3.63, 3.8) is 0 Å². The van der Waals surface area contributed by atoms with Gasteiger partial charge in [0.2, 0.25) is 0 Å². The third kappa shape index (κ3) is 5.96. The van der Waals surface area contributed by atoms with E-state index in [4.69, 9.17) is 9.41 Å². The van der Waals surface area contributed by atoms with Crippen molar-refractivity contribution in [2.45, 2.75) is 128 Å². The number of rotatable bonds is 6. The lowest BCUT2D eigenvalue weighted by Crippen LogP contribution is -2.44. The quantitative estimate of drug-likeness (QED) is 0.343. The van der Waals surface area contributed by atoms with Crippen LogP contribution in [0.5, 0.6) is 0 Å². The number of aliphatic hydroxyl groups is 1. The average Bonchev–Trinajstić information content (AvgIpc) is 3.34. The second kappa shape index (κ2) is 10.6. The molecule has 1 aromatic carbocycles. The molecule has 3 nitrogen and oxygen atoms in total. The van der Waals surface area contributed by atoms with Gasteiger partial charge in [0.25, 0.3) is 0 Å². The zero-order valence-corrected chi connectivity index (χ0v) is 26.7. The van der Waals surface area contributed by atoms with Crippen molar-refractivity contribution in [2.24, 2.45) is 5.41 Å². The van der Waals surface area contributed by atoms with Gasteiger partial charge in [0.1, 0.15) is 6.10 Å². The minimum absolute atomic E-state index is 0.0127. The molecule has 1 fully saturated rings. The summed E-state index contributed by atoms with van der Waals surface area (Å²) >= 11 is 0. The van der Waals surface area contributed by atoms with Gasteiger partial charge in [0.05, 0.1) is 17.4 Å². The summed E-state index contributed by atoms with van der Waals surface area (Å²) in [5, 5.41) is 12.1. The Morgan fingerprint density at radius 2 is 1.71 bits per heavy atom. The van der Waals surface area contributed by atoms with E-state index in [1.165, 1.54) is 17.7 Å². The Labute approximate surface area is 244 Å². The van der Waals surface area contributed by atoms with E-state index in [1.807, 2.05) is 0 Å². The fraction of sp³-hybridized carbons (Fsp3) is 0.618. The molecule has 1 unspecified atom stereocenters. The Hall–Kier alpha value is -1.96. The van der Waals surface area contributed by atoms with Crippen molar-refractivity contribution in [1.82, 2.24) is 4.98 Å². The molecule has 0 bridgehead atoms. The number of hydrogen-bond acceptors (Lipinski definition) is 3. The number of aromatic nitrogens is 1. The number of nitrogens with zero attached hydrogens (tertiary/aromatic N) is 1. The van der Waals surface area contributed by atoms with Crippen molar-refractivity contribution < 1.29 is 22.7 Å². The highest BCUT2D eigenvalue weighted by molar-refractivity contribution is 6.74. The highest BCUT2D eigenvalue weighted by Crippen LogP contribution is 2.53. The number of halogens is 3. The van der Waals surface area contributed by atoms with E-state index >= 15 is 0 Å². The van der Waals surface area contributed by atoms with Gasteiger partial charge < -0.3 is 9.53 Å². The summed E-state index contributed by atoms with van der Waals surface area (Å²) in [4.78, 5) is 5.38. The predicted octanol–water partition coefficient (Wildman–Crippen LogP) is 10.1. The third-order valence-corrected chi connectivity index (χ3v) is 14.5. The second-order valence-corrected chi connectivity index (χ2v) is 19.6. The van der Waals surface area contributed by atoms with Gasteiger partial charge in [-0.15, -0.1) is 0 Å². The molecule has 3 aliphatic rings. The van der Waals surface area contributed by atoms with Gasteiger partial charge in [-0.25, -0.2) is 0 Å². The summed E-state index contributed by atoms with van der Waals surface area (Å²) in [5.41, 5.74) is 6.01. The lowest BCUT2D eigenvalue weighted by molar-refractivity contribution is -0.137. The molecule has 1 N–H and O–H groups in total. The molecule has 7 heteroatoms. The molecule has 3 aliphatic carbocycles. The monoisotopic (exact) mass is 585 g/mol. The smallest absolute Gasteiger partial charge is 0.410 e. The van der Waals surface area contributed by atoms with Crippen molar-refractivity contribution >= 4 is 13.9 Å². The van der Waals surface area contributed by atoms with Crippen LogP contribution in [0.2, 0.25) is 18.1 Å². The van der Waals surface area contributed by atoms with Gasteiger partial charge in [-0.3, -0.25) is 4.98 Å². The van der Waals surface area contributed by atoms with Crippen LogP contribution in [-0.2, 0) is 17.0 Å². The van der Waals surface area contributed by atoms with Crippen LogP contribution in [0, 0.1) is 5.41 Å². The zero-order valence-electron chi connectivity index (χ0n) is 25.7. The largest absolute Gasteiger partial charge is 0.416 e. The number of pyridine rings is 1. The van der Waals surface area contributed by atoms with E-state index in [2.05, 4.69) is 53.8 Å². The van der Waals surface area contributed by atoms with E-state index in [0.717, 1.165) is 91.6 Å². The molecule has 5 rings (SSSR count). The van der Waals surface area contributed by atoms with Crippen molar-refractivity contribution in [1.29, 1.82) is 0 Å². The Kier molecular flexibility index (Phi) is 7.91. The average molecular weight is 586 g/mol. The Balaban J connectivity index is 1.74. The van der Waals surface area contributed by atoms with Gasteiger partial charge in [-0.05, 0) is 97.3 Å². The number of alkyl halides is 3. The number of benzene rings is 1. The molecule has 0 saturated heterocycles. The molecule has 0 amide bonds. The summed E-state index contributed by atoms with van der Waals surface area (Å²) < 4.78 is 47.3. The SMILES string of the molecule is CC1(C)Cc2nc(C3CCC3)c([C@H](O)c3ccc(C(F)(F)F)cc3)c(C3=CCCC3)c2C(O[Si](C)(C)C(C)(C)C)C1.